The average molecular weight is 574 g/mol. The van der Waals surface area contributed by atoms with Crippen molar-refractivity contribution >= 4 is 58.5 Å². The van der Waals surface area contributed by atoms with E-state index in [1.54, 1.807) is 53.4 Å². The number of carbonyl (C=O) groups is 2. The molecule has 0 aliphatic carbocycles. The maximum Gasteiger partial charge on any atom is 0.341 e. The van der Waals surface area contributed by atoms with Crippen molar-refractivity contribution in [2.24, 2.45) is 4.99 Å². The van der Waals surface area contributed by atoms with Crippen LogP contribution in [0.1, 0.15) is 18.1 Å². The molecule has 9 nitrogen and oxygen atoms in total. The molecule has 0 bridgehead atoms. The molecule has 0 aromatic heterocycles. The summed E-state index contributed by atoms with van der Waals surface area (Å²) in [5.74, 6) is -0.935. The average Bonchev–Trinajstić information content (AvgIpc) is 3.22. The molecule has 0 radical (unpaired) electrons. The van der Waals surface area contributed by atoms with E-state index in [1.165, 1.54) is 11.8 Å². The lowest BCUT2D eigenvalue weighted by atomic mass is 10.2. The molecule has 11 heteroatoms. The van der Waals surface area contributed by atoms with Crippen LogP contribution in [-0.2, 0) is 16.1 Å². The van der Waals surface area contributed by atoms with Crippen LogP contribution in [0.25, 0.3) is 0 Å². The van der Waals surface area contributed by atoms with Crippen molar-refractivity contribution in [1.29, 1.82) is 5.26 Å². The number of thioether (sulfide) groups is 1. The van der Waals surface area contributed by atoms with Gasteiger partial charge in [-0.05, 0) is 54.6 Å². The minimum Gasteiger partial charge on any atom is -0.482 e. The van der Waals surface area contributed by atoms with E-state index in [-0.39, 0.29) is 5.91 Å². The van der Waals surface area contributed by atoms with Crippen LogP contribution in [0.4, 0.5) is 17.1 Å². The molecule has 1 fully saturated rings. The number of hydrogen-bond donors (Lipinski definition) is 3. The summed E-state index contributed by atoms with van der Waals surface area (Å²) in [6.07, 6.45) is 1.69. The van der Waals surface area contributed by atoms with Crippen molar-refractivity contribution in [1.82, 2.24) is 4.90 Å². The summed E-state index contributed by atoms with van der Waals surface area (Å²) in [6, 6.07) is 22.0. The maximum absolute atomic E-state index is 13.7. The highest BCUT2D eigenvalue weighted by atomic mass is 32.2. The first-order valence-corrected chi connectivity index (χ1v) is 13.6. The fraction of sp³-hybridized carbons (Fsp3) is 0.172. The number of aliphatic carboxylic acids is 1. The highest BCUT2D eigenvalue weighted by Crippen LogP contribution is 2.37. The summed E-state index contributed by atoms with van der Waals surface area (Å²) >= 11 is 5.76. The van der Waals surface area contributed by atoms with Gasteiger partial charge in [-0.15, -0.1) is 12.6 Å². The number of amidine groups is 1. The number of carbonyl (C=O) groups excluding carboxylic acids is 1. The van der Waals surface area contributed by atoms with Crippen LogP contribution in [0.5, 0.6) is 5.75 Å². The fourth-order valence-corrected chi connectivity index (χ4v) is 5.19. The molecule has 1 amide bonds. The summed E-state index contributed by atoms with van der Waals surface area (Å²) in [4.78, 5) is 33.8. The Hall–Kier alpha value is -4.40. The Kier molecular flexibility index (Phi) is 9.37. The second-order valence-corrected chi connectivity index (χ2v) is 10.2. The zero-order valence-corrected chi connectivity index (χ0v) is 23.6. The molecule has 3 aromatic carbocycles. The lowest BCUT2D eigenvalue weighted by Crippen LogP contribution is -2.28. The second-order valence-electron chi connectivity index (χ2n) is 8.68. The molecule has 1 saturated heterocycles. The number of nitriles is 1. The number of carboxylic acid groups (broad SMARTS) is 1. The third-order valence-electron chi connectivity index (χ3n) is 5.78. The van der Waals surface area contributed by atoms with Crippen molar-refractivity contribution < 1.29 is 19.4 Å². The van der Waals surface area contributed by atoms with Crippen molar-refractivity contribution in [2.75, 3.05) is 30.4 Å². The molecule has 4 rings (SSSR count). The van der Waals surface area contributed by atoms with E-state index < -0.39 is 12.6 Å². The highest BCUT2D eigenvalue weighted by molar-refractivity contribution is 8.18. The minimum atomic E-state index is -1.08. The van der Waals surface area contributed by atoms with Crippen LogP contribution in [0.15, 0.2) is 87.7 Å². The molecule has 3 aromatic rings. The molecule has 1 heterocycles. The Balaban J connectivity index is 1.71. The summed E-state index contributed by atoms with van der Waals surface area (Å²) in [6.45, 7) is 2.48. The SMILES string of the molecule is CCNc1ccc(C#N)cc1N=C1S/C(=C/N(C)c2cc(OCC(=O)O)ccc2S)C(=O)N1Cc1ccccc1. The largest absolute Gasteiger partial charge is 0.482 e. The molecule has 0 atom stereocenters. The molecule has 0 saturated carbocycles. The number of carboxylic acids is 1. The van der Waals surface area contributed by atoms with E-state index in [0.29, 0.717) is 50.7 Å². The number of amides is 1. The number of rotatable bonds is 10. The van der Waals surface area contributed by atoms with Crippen molar-refractivity contribution in [3.05, 3.63) is 89.0 Å². The van der Waals surface area contributed by atoms with E-state index in [0.717, 1.165) is 11.3 Å². The predicted molar refractivity (Wildman–Crippen MR) is 160 cm³/mol. The predicted octanol–water partition coefficient (Wildman–Crippen LogP) is 5.48. The van der Waals surface area contributed by atoms with Crippen LogP contribution in [0.3, 0.4) is 0 Å². The van der Waals surface area contributed by atoms with Gasteiger partial charge in [-0.3, -0.25) is 9.69 Å². The topological polar surface area (TPSA) is 118 Å². The van der Waals surface area contributed by atoms with Gasteiger partial charge in [0.25, 0.3) is 5.91 Å². The van der Waals surface area contributed by atoms with E-state index in [2.05, 4.69) is 24.0 Å². The first kappa shape index (κ1) is 28.6. The number of nitrogens with one attached hydrogen (secondary N) is 1. The minimum absolute atomic E-state index is 0.222. The monoisotopic (exact) mass is 573 g/mol. The highest BCUT2D eigenvalue weighted by Gasteiger charge is 2.34. The van der Waals surface area contributed by atoms with Gasteiger partial charge in [-0.1, -0.05) is 30.3 Å². The molecule has 0 unspecified atom stereocenters. The molecule has 0 spiro atoms. The number of ether oxygens (including phenoxy) is 1. The summed E-state index contributed by atoms with van der Waals surface area (Å²) < 4.78 is 5.31. The van der Waals surface area contributed by atoms with Gasteiger partial charge in [0.1, 0.15) is 5.75 Å². The van der Waals surface area contributed by atoms with E-state index in [9.17, 15) is 14.9 Å². The van der Waals surface area contributed by atoms with Crippen molar-refractivity contribution in [3.8, 4) is 11.8 Å². The van der Waals surface area contributed by atoms with Gasteiger partial charge in [0.2, 0.25) is 0 Å². The third kappa shape index (κ3) is 6.97. The zero-order valence-electron chi connectivity index (χ0n) is 21.9. The first-order valence-electron chi connectivity index (χ1n) is 12.3. The number of nitrogens with zero attached hydrogens (tertiary/aromatic N) is 4. The van der Waals surface area contributed by atoms with E-state index in [4.69, 9.17) is 14.8 Å². The fourth-order valence-electron chi connectivity index (χ4n) is 3.89. The molecule has 1 aliphatic heterocycles. The Labute approximate surface area is 242 Å². The number of thiol groups is 1. The van der Waals surface area contributed by atoms with Crippen molar-refractivity contribution in [2.45, 2.75) is 18.4 Å². The number of hydrogen-bond acceptors (Lipinski definition) is 9. The molecule has 2 N–H and O–H groups in total. The Morgan fingerprint density at radius 2 is 2.00 bits per heavy atom. The first-order chi connectivity index (χ1) is 19.3. The van der Waals surface area contributed by atoms with Crippen LogP contribution in [-0.4, -0.2) is 47.2 Å². The van der Waals surface area contributed by atoms with Gasteiger partial charge >= 0.3 is 5.97 Å². The molecule has 1 aliphatic rings. The molecule has 204 valence electrons. The normalized spacial score (nSPS) is 14.8. The summed E-state index contributed by atoms with van der Waals surface area (Å²) in [5, 5.41) is 22.1. The Morgan fingerprint density at radius 3 is 2.70 bits per heavy atom. The van der Waals surface area contributed by atoms with Gasteiger partial charge in [-0.25, -0.2) is 9.79 Å². The smallest absolute Gasteiger partial charge is 0.341 e. The van der Waals surface area contributed by atoms with Gasteiger partial charge in [0, 0.05) is 30.8 Å². The number of aliphatic imine (C=N–C) groups is 1. The number of anilines is 2. The Bertz CT molecular complexity index is 1520. The zero-order chi connectivity index (χ0) is 28.6. The third-order valence-corrected chi connectivity index (χ3v) is 7.15. The van der Waals surface area contributed by atoms with E-state index in [1.807, 2.05) is 43.3 Å². The van der Waals surface area contributed by atoms with Crippen LogP contribution in [0, 0.1) is 11.3 Å². The van der Waals surface area contributed by atoms with Gasteiger partial charge < -0.3 is 20.1 Å². The molecular formula is C29H27N5O4S2. The van der Waals surface area contributed by atoms with Gasteiger partial charge in [0.15, 0.2) is 11.8 Å². The van der Waals surface area contributed by atoms with Crippen molar-refractivity contribution in [3.63, 3.8) is 0 Å². The van der Waals surface area contributed by atoms with Gasteiger partial charge in [-0.2, -0.15) is 5.26 Å². The van der Waals surface area contributed by atoms with Crippen LogP contribution in [0.2, 0.25) is 0 Å². The lowest BCUT2D eigenvalue weighted by Gasteiger charge is -2.18. The quantitative estimate of drug-likeness (QED) is 0.216. The Morgan fingerprint density at radius 1 is 1.23 bits per heavy atom. The summed E-state index contributed by atoms with van der Waals surface area (Å²) in [7, 11) is 1.77. The van der Waals surface area contributed by atoms with Crippen LogP contribution < -0.4 is 15.0 Å². The van der Waals surface area contributed by atoms with Gasteiger partial charge in [0.05, 0.1) is 40.1 Å². The standard InChI is InChI=1S/C29H27N5O4S2/c1-3-31-22-11-9-20(15-30)13-23(22)32-29-34(16-19-7-5-4-6-8-19)28(37)26(40-29)17-33(2)24-14-21(10-12-25(24)39)38-18-27(35)36/h4-14,17,31,39H,3,16,18H2,1-2H3,(H,35,36)/b26-17+,32-29?. The van der Waals surface area contributed by atoms with E-state index >= 15 is 0 Å². The lowest BCUT2D eigenvalue weighted by molar-refractivity contribution is -0.139. The molecular weight excluding hydrogens is 546 g/mol. The van der Waals surface area contributed by atoms with Crippen LogP contribution >= 0.6 is 24.4 Å². The summed E-state index contributed by atoms with van der Waals surface area (Å²) in [5.41, 5.74) is 3.35. The number of benzene rings is 3. The maximum atomic E-state index is 13.7. The molecule has 40 heavy (non-hydrogen) atoms. The second kappa shape index (κ2) is 13.1.